The van der Waals surface area contributed by atoms with Crippen LogP contribution in [0.2, 0.25) is 0 Å². The Bertz CT molecular complexity index is 1770. The van der Waals surface area contributed by atoms with E-state index in [0.717, 1.165) is 51.1 Å². The lowest BCUT2D eigenvalue weighted by Crippen LogP contribution is -2.36. The number of rotatable bonds is 10. The average molecular weight is 890 g/mol. The maximum Gasteiger partial charge on any atom is 0.128 e. The molecule has 7 nitrogen and oxygen atoms in total. The van der Waals surface area contributed by atoms with Gasteiger partial charge < -0.3 is 33.7 Å². The zero-order valence-electron chi connectivity index (χ0n) is 45.4. The van der Waals surface area contributed by atoms with Gasteiger partial charge in [0.1, 0.15) is 45.4 Å². The number of hydrogen-bond acceptors (Lipinski definition) is 7. The molecule has 0 heterocycles. The van der Waals surface area contributed by atoms with E-state index < -0.39 is 0 Å². The van der Waals surface area contributed by atoms with Gasteiger partial charge in [0.15, 0.2) is 0 Å². The second-order valence-electron chi connectivity index (χ2n) is 24.9. The van der Waals surface area contributed by atoms with E-state index in [1.807, 2.05) is 77.9 Å². The molecule has 0 amide bonds. The number of nitrogens with one attached hydrogen (secondary N) is 1. The Kier molecular flexibility index (Phi) is 21.7. The Morgan fingerprint density at radius 3 is 1.02 bits per heavy atom. The maximum absolute atomic E-state index is 6.04. The van der Waals surface area contributed by atoms with Gasteiger partial charge in [0.2, 0.25) is 0 Å². The van der Waals surface area contributed by atoms with Gasteiger partial charge in [-0.2, -0.15) is 0 Å². The van der Waals surface area contributed by atoms with E-state index in [0.29, 0.717) is 18.6 Å². The van der Waals surface area contributed by atoms with Gasteiger partial charge in [-0.15, -0.1) is 0 Å². The molecule has 0 fully saturated rings. The lowest BCUT2D eigenvalue weighted by Gasteiger charge is -2.25. The van der Waals surface area contributed by atoms with Gasteiger partial charge in [0.25, 0.3) is 0 Å². The third-order valence-electron chi connectivity index (χ3n) is 8.22. The smallest absolute Gasteiger partial charge is 0.128 e. The van der Waals surface area contributed by atoms with E-state index in [9.17, 15) is 0 Å². The molecular formula is C57H95NO6. The lowest BCUT2D eigenvalue weighted by atomic mass is 9.90. The average Bonchev–Trinajstić information content (AvgIpc) is 3.06. The molecule has 4 rings (SSSR count). The largest absolute Gasteiger partial charge is 0.488 e. The summed E-state index contributed by atoms with van der Waals surface area (Å²) in [4.78, 5) is 0. The second-order valence-corrected chi connectivity index (χ2v) is 24.9. The van der Waals surface area contributed by atoms with Gasteiger partial charge >= 0.3 is 0 Å². The van der Waals surface area contributed by atoms with E-state index in [2.05, 4.69) is 166 Å². The van der Waals surface area contributed by atoms with Crippen LogP contribution in [0.15, 0.2) is 72.8 Å². The first kappa shape index (κ1) is 58.5. The molecule has 0 bridgehead atoms. The van der Waals surface area contributed by atoms with Crippen molar-refractivity contribution in [3.05, 3.63) is 72.8 Å². The highest BCUT2D eigenvalue weighted by molar-refractivity contribution is 5.93. The van der Waals surface area contributed by atoms with Crippen LogP contribution in [0.25, 0.3) is 21.5 Å². The fraction of sp³-hybridized carbons (Fsp3) is 0.649. The van der Waals surface area contributed by atoms with E-state index in [4.69, 9.17) is 28.4 Å². The first-order chi connectivity index (χ1) is 28.7. The zero-order valence-corrected chi connectivity index (χ0v) is 45.4. The van der Waals surface area contributed by atoms with Gasteiger partial charge in [-0.1, -0.05) is 57.2 Å². The minimum atomic E-state index is -0.213. The quantitative estimate of drug-likeness (QED) is 0.159. The highest BCUT2D eigenvalue weighted by Crippen LogP contribution is 2.35. The molecule has 0 aliphatic rings. The summed E-state index contributed by atoms with van der Waals surface area (Å²) in [5, 5.41) is 7.99. The molecule has 0 saturated heterocycles. The van der Waals surface area contributed by atoms with E-state index >= 15 is 0 Å². The van der Waals surface area contributed by atoms with Crippen LogP contribution in [0.1, 0.15) is 179 Å². The highest BCUT2D eigenvalue weighted by Gasteiger charge is 2.19. The summed E-state index contributed by atoms with van der Waals surface area (Å²) in [5.41, 5.74) is -0.129. The molecule has 4 aromatic carbocycles. The lowest BCUT2D eigenvalue weighted by molar-refractivity contribution is -0.0719. The van der Waals surface area contributed by atoms with Crippen LogP contribution in [-0.4, -0.2) is 58.9 Å². The molecule has 0 aliphatic heterocycles. The van der Waals surface area contributed by atoms with E-state index in [1.165, 1.54) is 12.8 Å². The minimum Gasteiger partial charge on any atom is -0.488 e. The van der Waals surface area contributed by atoms with Crippen molar-refractivity contribution in [1.29, 1.82) is 0 Å². The van der Waals surface area contributed by atoms with Gasteiger partial charge in [-0.3, -0.25) is 0 Å². The molecule has 0 saturated carbocycles. The predicted octanol–water partition coefficient (Wildman–Crippen LogP) is 16.2. The molecule has 0 atom stereocenters. The van der Waals surface area contributed by atoms with Crippen molar-refractivity contribution in [3.63, 3.8) is 0 Å². The summed E-state index contributed by atoms with van der Waals surface area (Å²) in [7, 11) is 0. The van der Waals surface area contributed by atoms with E-state index in [-0.39, 0.29) is 39.1 Å². The second kappa shape index (κ2) is 23.8. The van der Waals surface area contributed by atoms with Crippen molar-refractivity contribution in [2.45, 2.75) is 218 Å². The summed E-state index contributed by atoms with van der Waals surface area (Å²) < 4.78 is 34.9. The Morgan fingerprint density at radius 1 is 0.391 bits per heavy atom. The Morgan fingerprint density at radius 2 is 0.734 bits per heavy atom. The third kappa shape index (κ3) is 29.8. The van der Waals surface area contributed by atoms with Crippen molar-refractivity contribution in [2.75, 3.05) is 19.8 Å². The SMILES string of the molecule is CC(C)(C)CCCNC(C)(C)C.CC(C)(C)OCCOC(C)(C)C.CC(C)(C)Oc1ccc2cc(OC(C)(C)C)ccc2c1.CC(C)(C)Oc1cccc2c(OC(C)(C)C)cccc12. The number of ether oxygens (including phenoxy) is 6. The fourth-order valence-electron chi connectivity index (χ4n) is 5.90. The molecule has 0 unspecified atom stereocenters. The van der Waals surface area contributed by atoms with Crippen LogP contribution in [0.3, 0.4) is 0 Å². The standard InChI is InChI=1S/2C18H24O2.C11H25N.C10H22O2/c1-17(2,3)19-15-11-7-10-14-13(15)9-8-12-16(14)20-18(4,5)6;1-17(2,3)19-15-9-7-14-12-16(20-18(4,5)6)10-8-13(14)11-15;1-10(2,3)8-7-9-12-11(4,5)6;1-9(2,3)11-7-8-12-10(4,5)6/h2*7-12H,1-6H3;12H,7-9H2,1-6H3;7-8H2,1-6H3. The topological polar surface area (TPSA) is 67.4 Å². The molecule has 1 N–H and O–H groups in total. The summed E-state index contributed by atoms with van der Waals surface area (Å²) in [5.74, 6) is 3.59. The first-order valence-electron chi connectivity index (χ1n) is 23.5. The number of fused-ring (bicyclic) bond motifs is 2. The monoisotopic (exact) mass is 890 g/mol. The molecule has 4 aromatic rings. The Hall–Kier alpha value is -3.52. The fourth-order valence-corrected chi connectivity index (χ4v) is 5.90. The van der Waals surface area contributed by atoms with Gasteiger partial charge in [-0.25, -0.2) is 0 Å². The van der Waals surface area contributed by atoms with Crippen molar-refractivity contribution >= 4 is 21.5 Å². The maximum atomic E-state index is 6.04. The van der Waals surface area contributed by atoms with Crippen LogP contribution in [-0.2, 0) is 9.47 Å². The van der Waals surface area contributed by atoms with Gasteiger partial charge in [0, 0.05) is 16.3 Å². The number of hydrogen-bond donors (Lipinski definition) is 1. The molecule has 0 spiro atoms. The molecule has 0 aliphatic carbocycles. The van der Waals surface area contributed by atoms with Crippen LogP contribution >= 0.6 is 0 Å². The number of benzene rings is 4. The van der Waals surface area contributed by atoms with Crippen LogP contribution in [0.4, 0.5) is 0 Å². The Labute approximate surface area is 393 Å². The highest BCUT2D eigenvalue weighted by atomic mass is 16.5. The van der Waals surface area contributed by atoms with Crippen LogP contribution in [0.5, 0.6) is 23.0 Å². The van der Waals surface area contributed by atoms with E-state index in [1.54, 1.807) is 0 Å². The molecule has 0 radical (unpaired) electrons. The summed E-state index contributed by atoms with van der Waals surface area (Å²) in [6.07, 6.45) is 2.58. The van der Waals surface area contributed by atoms with Gasteiger partial charge in [0.05, 0.1) is 24.4 Å². The molecule has 7 heteroatoms. The summed E-state index contributed by atoms with van der Waals surface area (Å²) in [6, 6.07) is 24.5. The summed E-state index contributed by atoms with van der Waals surface area (Å²) >= 11 is 0. The Balaban J connectivity index is 0.000000441. The molecule has 0 aromatic heterocycles. The van der Waals surface area contributed by atoms with Gasteiger partial charge in [-0.05, 0) is 217 Å². The molecule has 64 heavy (non-hydrogen) atoms. The predicted molar refractivity (Wildman–Crippen MR) is 277 cm³/mol. The van der Waals surface area contributed by atoms with Crippen LogP contribution < -0.4 is 24.3 Å². The van der Waals surface area contributed by atoms with Crippen LogP contribution in [0, 0.1) is 5.41 Å². The minimum absolute atomic E-state index is 0.0543. The third-order valence-corrected chi connectivity index (χ3v) is 8.22. The van der Waals surface area contributed by atoms with Crippen molar-refractivity contribution in [2.24, 2.45) is 5.41 Å². The van der Waals surface area contributed by atoms with Crippen molar-refractivity contribution < 1.29 is 28.4 Å². The summed E-state index contributed by atoms with van der Waals surface area (Å²) in [6.45, 7) is 52.9. The normalized spacial score (nSPS) is 12.9. The van der Waals surface area contributed by atoms with Crippen molar-refractivity contribution in [3.8, 4) is 23.0 Å². The van der Waals surface area contributed by atoms with Crippen molar-refractivity contribution in [1.82, 2.24) is 5.32 Å². The molecular weight excluding hydrogens is 795 g/mol. The first-order valence-corrected chi connectivity index (χ1v) is 23.5. The zero-order chi connectivity index (χ0) is 49.6. The molecule has 364 valence electrons.